The number of anilines is 1. The van der Waals surface area contributed by atoms with Crippen molar-refractivity contribution >= 4 is 35.2 Å². The second-order valence-electron chi connectivity index (χ2n) is 5.70. The van der Waals surface area contributed by atoms with Gasteiger partial charge in [-0.1, -0.05) is 41.4 Å². The zero-order valence-corrected chi connectivity index (χ0v) is 15.6. The lowest BCUT2D eigenvalue weighted by molar-refractivity contribution is -0.150. The highest BCUT2D eigenvalue weighted by Crippen LogP contribution is 2.22. The molecule has 0 bridgehead atoms. The molecule has 27 heavy (non-hydrogen) atoms. The van der Waals surface area contributed by atoms with Gasteiger partial charge in [-0.05, 0) is 37.6 Å². The number of carbonyl (C=O) groups excluding carboxylic acids is 3. The molecule has 0 radical (unpaired) electrons. The predicted molar refractivity (Wildman–Crippen MR) is 101 cm³/mol. The smallest absolute Gasteiger partial charge is 0.344 e. The normalized spacial score (nSPS) is 10.0. The van der Waals surface area contributed by atoms with E-state index in [4.69, 9.17) is 21.1 Å². The lowest BCUT2D eigenvalue weighted by Gasteiger charge is -2.10. The van der Waals surface area contributed by atoms with Crippen LogP contribution in [0.15, 0.2) is 42.5 Å². The minimum Gasteiger partial charge on any atom is -0.480 e. The Morgan fingerprint density at radius 1 is 1.04 bits per heavy atom. The van der Waals surface area contributed by atoms with Crippen LogP contribution in [0.2, 0.25) is 5.02 Å². The van der Waals surface area contributed by atoms with E-state index in [-0.39, 0.29) is 0 Å². The van der Waals surface area contributed by atoms with E-state index < -0.39 is 31.1 Å². The van der Waals surface area contributed by atoms with Crippen LogP contribution in [-0.4, -0.2) is 31.1 Å². The van der Waals surface area contributed by atoms with Crippen LogP contribution in [-0.2, 0) is 14.3 Å². The number of halogens is 1. The molecule has 0 aliphatic heterocycles. The van der Waals surface area contributed by atoms with Crippen LogP contribution < -0.4 is 15.4 Å². The van der Waals surface area contributed by atoms with E-state index >= 15 is 0 Å². The fourth-order valence-corrected chi connectivity index (χ4v) is 2.35. The molecule has 2 aromatic rings. The molecular formula is C19H19ClN2O5. The first-order valence-electron chi connectivity index (χ1n) is 8.06. The molecule has 0 heterocycles. The lowest BCUT2D eigenvalue weighted by Crippen LogP contribution is -2.37. The molecule has 7 nitrogen and oxygen atoms in total. The van der Waals surface area contributed by atoms with E-state index in [9.17, 15) is 14.4 Å². The molecule has 0 aromatic heterocycles. The highest BCUT2D eigenvalue weighted by atomic mass is 35.5. The van der Waals surface area contributed by atoms with Crippen LogP contribution in [0.25, 0.3) is 0 Å². The average Bonchev–Trinajstić information content (AvgIpc) is 2.61. The number of amides is 3. The summed E-state index contributed by atoms with van der Waals surface area (Å²) in [7, 11) is 0. The van der Waals surface area contributed by atoms with Crippen molar-refractivity contribution in [1.29, 1.82) is 0 Å². The summed E-state index contributed by atoms with van der Waals surface area (Å²) in [5.74, 6) is -1.20. The van der Waals surface area contributed by atoms with Crippen LogP contribution in [0.1, 0.15) is 11.1 Å². The molecule has 2 rings (SSSR count). The number of para-hydroxylation sites is 1. The highest BCUT2D eigenvalue weighted by molar-refractivity contribution is 6.32. The van der Waals surface area contributed by atoms with Gasteiger partial charge in [0.05, 0.1) is 5.02 Å². The van der Waals surface area contributed by atoms with Gasteiger partial charge in [0.15, 0.2) is 13.2 Å². The number of urea groups is 1. The van der Waals surface area contributed by atoms with E-state index in [1.807, 2.05) is 26.0 Å². The fourth-order valence-electron chi connectivity index (χ4n) is 2.16. The Balaban J connectivity index is 1.72. The zero-order chi connectivity index (χ0) is 19.8. The molecule has 0 spiro atoms. The monoisotopic (exact) mass is 390 g/mol. The molecule has 2 aromatic carbocycles. The van der Waals surface area contributed by atoms with Gasteiger partial charge in [-0.3, -0.25) is 10.1 Å². The van der Waals surface area contributed by atoms with Gasteiger partial charge in [0.2, 0.25) is 0 Å². The van der Waals surface area contributed by atoms with Crippen LogP contribution in [0.4, 0.5) is 10.5 Å². The van der Waals surface area contributed by atoms with E-state index in [1.54, 1.807) is 30.3 Å². The van der Waals surface area contributed by atoms with Crippen molar-refractivity contribution in [3.8, 4) is 5.75 Å². The third-order valence-corrected chi connectivity index (χ3v) is 3.74. The minimum atomic E-state index is -0.764. The number of ether oxygens (including phenoxy) is 2. The first-order chi connectivity index (χ1) is 12.8. The number of aryl methyl sites for hydroxylation is 2. The van der Waals surface area contributed by atoms with E-state index in [0.717, 1.165) is 11.1 Å². The molecule has 0 fully saturated rings. The standard InChI is InChI=1S/C19H19ClN2O5/c1-12-7-8-15(13(2)9-12)21-19(25)22-17(23)10-27-18(24)11-26-16-6-4-3-5-14(16)20/h3-9H,10-11H2,1-2H3,(H2,21,22,23,25). The second kappa shape index (κ2) is 9.59. The zero-order valence-electron chi connectivity index (χ0n) is 14.9. The SMILES string of the molecule is Cc1ccc(NC(=O)NC(=O)COC(=O)COc2ccccc2Cl)c(C)c1. The Labute approximate surface area is 161 Å². The Kier molecular flexibility index (Phi) is 7.19. The van der Waals surface area contributed by atoms with Gasteiger partial charge >= 0.3 is 12.0 Å². The van der Waals surface area contributed by atoms with Crippen molar-refractivity contribution in [3.05, 3.63) is 58.6 Å². The number of rotatable bonds is 6. The summed E-state index contributed by atoms with van der Waals surface area (Å²) in [4.78, 5) is 35.1. The van der Waals surface area contributed by atoms with Gasteiger partial charge in [0.1, 0.15) is 5.75 Å². The van der Waals surface area contributed by atoms with Gasteiger partial charge in [0, 0.05) is 5.69 Å². The summed E-state index contributed by atoms with van der Waals surface area (Å²) in [5, 5.41) is 4.99. The molecule has 2 N–H and O–H groups in total. The minimum absolute atomic E-state index is 0.327. The van der Waals surface area contributed by atoms with Gasteiger partial charge in [-0.2, -0.15) is 0 Å². The molecule has 0 saturated carbocycles. The Bertz CT molecular complexity index is 854. The van der Waals surface area contributed by atoms with E-state index in [0.29, 0.717) is 16.5 Å². The average molecular weight is 391 g/mol. The van der Waals surface area contributed by atoms with Crippen molar-refractivity contribution in [2.75, 3.05) is 18.5 Å². The molecule has 0 aliphatic rings. The van der Waals surface area contributed by atoms with Gasteiger partial charge in [-0.25, -0.2) is 9.59 Å². The fraction of sp³-hybridized carbons (Fsp3) is 0.211. The number of imide groups is 1. The maximum atomic E-state index is 11.8. The second-order valence-corrected chi connectivity index (χ2v) is 6.11. The molecule has 0 atom stereocenters. The van der Waals surface area contributed by atoms with Gasteiger partial charge in [0.25, 0.3) is 5.91 Å². The van der Waals surface area contributed by atoms with Gasteiger partial charge < -0.3 is 14.8 Å². The predicted octanol–water partition coefficient (Wildman–Crippen LogP) is 3.23. The first-order valence-corrected chi connectivity index (χ1v) is 8.44. The number of nitrogens with one attached hydrogen (secondary N) is 2. The molecule has 0 unspecified atom stereocenters. The summed E-state index contributed by atoms with van der Waals surface area (Å²) in [6.07, 6.45) is 0. The molecule has 0 aliphatic carbocycles. The number of hydrogen-bond donors (Lipinski definition) is 2. The third kappa shape index (κ3) is 6.63. The summed E-state index contributed by atoms with van der Waals surface area (Å²) < 4.78 is 9.95. The van der Waals surface area contributed by atoms with Crippen LogP contribution in [0, 0.1) is 13.8 Å². The van der Waals surface area contributed by atoms with Crippen molar-refractivity contribution in [3.63, 3.8) is 0 Å². The largest absolute Gasteiger partial charge is 0.480 e. The van der Waals surface area contributed by atoms with Crippen molar-refractivity contribution in [2.45, 2.75) is 13.8 Å². The van der Waals surface area contributed by atoms with E-state index in [2.05, 4.69) is 10.6 Å². The topological polar surface area (TPSA) is 93.7 Å². The highest BCUT2D eigenvalue weighted by Gasteiger charge is 2.13. The maximum Gasteiger partial charge on any atom is 0.344 e. The number of benzene rings is 2. The summed E-state index contributed by atoms with van der Waals surface area (Å²) >= 11 is 5.89. The summed E-state index contributed by atoms with van der Waals surface area (Å²) in [6, 6.07) is 11.4. The molecule has 3 amide bonds. The first kappa shape index (κ1) is 20.3. The molecular weight excluding hydrogens is 372 g/mol. The Hall–Kier alpha value is -3.06. The Morgan fingerprint density at radius 2 is 1.78 bits per heavy atom. The van der Waals surface area contributed by atoms with Crippen LogP contribution >= 0.6 is 11.6 Å². The molecule has 0 saturated heterocycles. The van der Waals surface area contributed by atoms with Crippen molar-refractivity contribution in [2.24, 2.45) is 0 Å². The number of hydrogen-bond acceptors (Lipinski definition) is 5. The number of carbonyl (C=O) groups is 3. The maximum absolute atomic E-state index is 11.8. The van der Waals surface area contributed by atoms with Crippen LogP contribution in [0.3, 0.4) is 0 Å². The number of esters is 1. The van der Waals surface area contributed by atoms with Gasteiger partial charge in [-0.15, -0.1) is 0 Å². The summed E-state index contributed by atoms with van der Waals surface area (Å²) in [6.45, 7) is 2.76. The lowest BCUT2D eigenvalue weighted by atomic mass is 10.1. The molecule has 8 heteroatoms. The Morgan fingerprint density at radius 3 is 2.48 bits per heavy atom. The summed E-state index contributed by atoms with van der Waals surface area (Å²) in [5.41, 5.74) is 2.50. The van der Waals surface area contributed by atoms with E-state index in [1.165, 1.54) is 0 Å². The molecule has 142 valence electrons. The van der Waals surface area contributed by atoms with Crippen LogP contribution in [0.5, 0.6) is 5.75 Å². The van der Waals surface area contributed by atoms with Crippen molar-refractivity contribution < 1.29 is 23.9 Å². The third-order valence-electron chi connectivity index (χ3n) is 3.43. The van der Waals surface area contributed by atoms with Crippen molar-refractivity contribution in [1.82, 2.24) is 5.32 Å². The quantitative estimate of drug-likeness (QED) is 0.738.